The van der Waals surface area contributed by atoms with Gasteiger partial charge in [0.2, 0.25) is 5.75 Å². The van der Waals surface area contributed by atoms with Crippen LogP contribution in [0.15, 0.2) is 41.5 Å². The van der Waals surface area contributed by atoms with Gasteiger partial charge in [-0.15, -0.1) is 0 Å². The van der Waals surface area contributed by atoms with Crippen molar-refractivity contribution >= 4 is 23.6 Å². The number of carbonyl (C=O) groups is 1. The lowest BCUT2D eigenvalue weighted by Crippen LogP contribution is -2.03. The number of carboxylic acids is 1. The predicted octanol–water partition coefficient (Wildman–Crippen LogP) is 3.54. The molecule has 0 aliphatic heterocycles. The van der Waals surface area contributed by atoms with Gasteiger partial charge in [0.05, 0.1) is 35.6 Å². The lowest BCUT2D eigenvalue weighted by atomic mass is 10.1. The van der Waals surface area contributed by atoms with Crippen molar-refractivity contribution in [2.45, 2.75) is 13.8 Å². The molecule has 0 amide bonds. The standard InChI is InChI=1S/C18H19N3O6/c1-3-26-16-10-17(27-4-2)15(21(24)25)9-13(16)11-19-20-14-7-5-6-12(8-14)18(22)23/h5-11,20H,3-4H2,1-2H3,(H,22,23)/b19-11+. The molecule has 0 unspecified atom stereocenters. The highest BCUT2D eigenvalue weighted by molar-refractivity contribution is 5.89. The number of hydrazone groups is 1. The SMILES string of the molecule is CCOc1cc(OCC)c([N+](=O)[O-])cc1/C=N/Nc1cccc(C(=O)O)c1. The Morgan fingerprint density at radius 3 is 2.56 bits per heavy atom. The van der Waals surface area contributed by atoms with Crippen molar-refractivity contribution < 1.29 is 24.3 Å². The van der Waals surface area contributed by atoms with Crippen LogP contribution in [0, 0.1) is 10.1 Å². The quantitative estimate of drug-likeness (QED) is 0.391. The summed E-state index contributed by atoms with van der Waals surface area (Å²) in [6, 6.07) is 8.87. The number of nitrogens with one attached hydrogen (secondary N) is 1. The van der Waals surface area contributed by atoms with E-state index in [9.17, 15) is 14.9 Å². The summed E-state index contributed by atoms with van der Waals surface area (Å²) < 4.78 is 10.8. The molecule has 0 atom stereocenters. The fraction of sp³-hybridized carbons (Fsp3) is 0.222. The molecule has 9 nitrogen and oxygen atoms in total. The Morgan fingerprint density at radius 1 is 1.22 bits per heavy atom. The number of ether oxygens (including phenoxy) is 2. The molecule has 0 saturated heterocycles. The number of benzene rings is 2. The van der Waals surface area contributed by atoms with Gasteiger partial charge in [-0.05, 0) is 32.0 Å². The molecule has 2 rings (SSSR count). The zero-order valence-electron chi connectivity index (χ0n) is 14.8. The van der Waals surface area contributed by atoms with Crippen LogP contribution in [-0.4, -0.2) is 35.4 Å². The van der Waals surface area contributed by atoms with Crippen LogP contribution in [0.5, 0.6) is 11.5 Å². The van der Waals surface area contributed by atoms with E-state index in [4.69, 9.17) is 14.6 Å². The molecule has 0 fully saturated rings. The monoisotopic (exact) mass is 373 g/mol. The molecule has 0 aliphatic carbocycles. The molecule has 0 saturated carbocycles. The van der Waals surface area contributed by atoms with Crippen LogP contribution in [-0.2, 0) is 0 Å². The van der Waals surface area contributed by atoms with Crippen molar-refractivity contribution in [3.8, 4) is 11.5 Å². The third-order valence-electron chi connectivity index (χ3n) is 3.39. The molecule has 0 bridgehead atoms. The summed E-state index contributed by atoms with van der Waals surface area (Å²) in [5.74, 6) is -0.551. The molecular weight excluding hydrogens is 354 g/mol. The van der Waals surface area contributed by atoms with Crippen molar-refractivity contribution in [2.24, 2.45) is 5.10 Å². The molecule has 27 heavy (non-hydrogen) atoms. The number of aromatic carboxylic acids is 1. The van der Waals surface area contributed by atoms with Crippen LogP contribution >= 0.6 is 0 Å². The summed E-state index contributed by atoms with van der Waals surface area (Å²) in [7, 11) is 0. The number of hydrogen-bond donors (Lipinski definition) is 2. The van der Waals surface area contributed by atoms with E-state index in [1.165, 1.54) is 30.5 Å². The number of rotatable bonds is 9. The van der Waals surface area contributed by atoms with Gasteiger partial charge >= 0.3 is 11.7 Å². The summed E-state index contributed by atoms with van der Waals surface area (Å²) in [4.78, 5) is 21.7. The van der Waals surface area contributed by atoms with E-state index < -0.39 is 10.9 Å². The van der Waals surface area contributed by atoms with Crippen molar-refractivity contribution in [3.05, 3.63) is 57.6 Å². The summed E-state index contributed by atoms with van der Waals surface area (Å²) in [6.45, 7) is 4.16. The van der Waals surface area contributed by atoms with Gasteiger partial charge in [0.15, 0.2) is 0 Å². The normalized spacial score (nSPS) is 10.6. The maximum atomic E-state index is 11.3. The summed E-state index contributed by atoms with van der Waals surface area (Å²) in [5.41, 5.74) is 3.45. The maximum absolute atomic E-state index is 11.3. The van der Waals surface area contributed by atoms with Crippen LogP contribution in [0.2, 0.25) is 0 Å². The molecule has 0 aromatic heterocycles. The van der Waals surface area contributed by atoms with Crippen LogP contribution < -0.4 is 14.9 Å². The average molecular weight is 373 g/mol. The van der Waals surface area contributed by atoms with E-state index in [-0.39, 0.29) is 23.6 Å². The number of nitrogens with zero attached hydrogens (tertiary/aromatic N) is 2. The number of hydrogen-bond acceptors (Lipinski definition) is 7. The van der Waals surface area contributed by atoms with Gasteiger partial charge in [0.1, 0.15) is 5.75 Å². The van der Waals surface area contributed by atoms with Crippen molar-refractivity contribution in [2.75, 3.05) is 18.6 Å². The van der Waals surface area contributed by atoms with Gasteiger partial charge < -0.3 is 14.6 Å². The highest BCUT2D eigenvalue weighted by atomic mass is 16.6. The molecule has 142 valence electrons. The zero-order valence-corrected chi connectivity index (χ0v) is 14.8. The first kappa shape index (κ1) is 19.7. The first-order valence-electron chi connectivity index (χ1n) is 8.16. The van der Waals surface area contributed by atoms with Crippen molar-refractivity contribution in [1.82, 2.24) is 0 Å². The van der Waals surface area contributed by atoms with E-state index in [2.05, 4.69) is 10.5 Å². The molecular formula is C18H19N3O6. The van der Waals surface area contributed by atoms with Gasteiger partial charge in [-0.1, -0.05) is 6.07 Å². The first-order valence-corrected chi connectivity index (χ1v) is 8.16. The number of anilines is 1. The summed E-state index contributed by atoms with van der Waals surface area (Å²) >= 11 is 0. The smallest absolute Gasteiger partial charge is 0.335 e. The number of nitro groups is 1. The minimum atomic E-state index is -1.05. The van der Waals surface area contributed by atoms with Gasteiger partial charge in [-0.25, -0.2) is 4.79 Å². The Labute approximate surface area is 155 Å². The molecule has 0 spiro atoms. The lowest BCUT2D eigenvalue weighted by molar-refractivity contribution is -0.385. The molecule has 2 aromatic rings. The Bertz CT molecular complexity index is 866. The Morgan fingerprint density at radius 2 is 1.93 bits per heavy atom. The molecule has 0 heterocycles. The maximum Gasteiger partial charge on any atom is 0.335 e. The zero-order chi connectivity index (χ0) is 19.8. The van der Waals surface area contributed by atoms with Crippen molar-refractivity contribution in [1.29, 1.82) is 0 Å². The second-order valence-electron chi connectivity index (χ2n) is 5.24. The topological polar surface area (TPSA) is 123 Å². The third-order valence-corrected chi connectivity index (χ3v) is 3.39. The van der Waals surface area contributed by atoms with Crippen LogP contribution in [0.1, 0.15) is 29.8 Å². The molecule has 0 aliphatic rings. The first-order chi connectivity index (χ1) is 13.0. The third kappa shape index (κ3) is 5.18. The van der Waals surface area contributed by atoms with E-state index in [1.54, 1.807) is 26.0 Å². The van der Waals surface area contributed by atoms with E-state index in [1.807, 2.05) is 0 Å². The summed E-state index contributed by atoms with van der Waals surface area (Å²) in [6.07, 6.45) is 1.36. The fourth-order valence-electron chi connectivity index (χ4n) is 2.26. The largest absolute Gasteiger partial charge is 0.493 e. The van der Waals surface area contributed by atoms with Crippen LogP contribution in [0.3, 0.4) is 0 Å². The summed E-state index contributed by atoms with van der Waals surface area (Å²) in [5, 5.41) is 24.3. The van der Waals surface area contributed by atoms with Gasteiger partial charge in [0.25, 0.3) is 0 Å². The van der Waals surface area contributed by atoms with E-state index in [0.717, 1.165) is 0 Å². The average Bonchev–Trinajstić information content (AvgIpc) is 2.63. The molecule has 9 heteroatoms. The van der Waals surface area contributed by atoms with Crippen molar-refractivity contribution in [3.63, 3.8) is 0 Å². The highest BCUT2D eigenvalue weighted by Crippen LogP contribution is 2.34. The van der Waals surface area contributed by atoms with Crippen LogP contribution in [0.25, 0.3) is 0 Å². The number of nitro benzene ring substituents is 1. The molecule has 2 N–H and O–H groups in total. The minimum Gasteiger partial charge on any atom is -0.493 e. The van der Waals surface area contributed by atoms with Gasteiger partial charge in [-0.2, -0.15) is 5.10 Å². The van der Waals surface area contributed by atoms with Gasteiger partial charge in [-0.3, -0.25) is 15.5 Å². The second kappa shape index (κ2) is 9.18. The van der Waals surface area contributed by atoms with E-state index in [0.29, 0.717) is 23.6 Å². The second-order valence-corrected chi connectivity index (χ2v) is 5.24. The fourth-order valence-corrected chi connectivity index (χ4v) is 2.26. The highest BCUT2D eigenvalue weighted by Gasteiger charge is 2.19. The predicted molar refractivity (Wildman–Crippen MR) is 100 cm³/mol. The molecule has 0 radical (unpaired) electrons. The Hall–Kier alpha value is -3.62. The van der Waals surface area contributed by atoms with Crippen LogP contribution in [0.4, 0.5) is 11.4 Å². The minimum absolute atomic E-state index is 0.113. The van der Waals surface area contributed by atoms with E-state index >= 15 is 0 Å². The molecule has 2 aromatic carbocycles. The lowest BCUT2D eigenvalue weighted by Gasteiger charge is -2.11. The van der Waals surface area contributed by atoms with Gasteiger partial charge in [0, 0.05) is 17.7 Å². The Kier molecular flexibility index (Phi) is 6.70. The number of carboxylic acid groups (broad SMARTS) is 1. The Balaban J connectivity index is 2.31.